The molecule has 0 bridgehead atoms. The molecule has 2 heterocycles. The van der Waals surface area contributed by atoms with Crippen LogP contribution in [0, 0.1) is 0 Å². The van der Waals surface area contributed by atoms with Gasteiger partial charge in [-0.1, -0.05) is 47.6 Å². The highest BCUT2D eigenvalue weighted by Crippen LogP contribution is 2.22. The molecule has 0 amide bonds. The first kappa shape index (κ1) is 16.9. The number of aromatic nitrogens is 1. The van der Waals surface area contributed by atoms with E-state index in [-0.39, 0.29) is 0 Å². The van der Waals surface area contributed by atoms with Crippen molar-refractivity contribution < 1.29 is 0 Å². The van der Waals surface area contributed by atoms with Gasteiger partial charge in [0.1, 0.15) is 0 Å². The van der Waals surface area contributed by atoms with Crippen molar-refractivity contribution in [3.63, 3.8) is 0 Å². The molecule has 0 unspecified atom stereocenters. The van der Waals surface area contributed by atoms with Crippen molar-refractivity contribution in [1.82, 2.24) is 4.98 Å². The molecule has 0 aromatic carbocycles. The fraction of sp³-hybridized carbons (Fsp3) is 0.438. The van der Waals surface area contributed by atoms with Crippen molar-refractivity contribution in [2.75, 3.05) is 0 Å². The summed E-state index contributed by atoms with van der Waals surface area (Å²) >= 11 is 1.71. The van der Waals surface area contributed by atoms with Crippen molar-refractivity contribution in [2.24, 2.45) is 0 Å². The molecule has 2 heteroatoms. The zero-order chi connectivity index (χ0) is 14.0. The van der Waals surface area contributed by atoms with Gasteiger partial charge in [-0.05, 0) is 29.5 Å². The predicted octanol–water partition coefficient (Wildman–Crippen LogP) is 5.99. The Morgan fingerprint density at radius 3 is 2.17 bits per heavy atom. The van der Waals surface area contributed by atoms with Gasteiger partial charge >= 0.3 is 0 Å². The molecule has 18 heavy (non-hydrogen) atoms. The summed E-state index contributed by atoms with van der Waals surface area (Å²) in [4.78, 5) is 4.62. The second kappa shape index (κ2) is 9.84. The Kier molecular flexibility index (Phi) is 9.21. The number of hydrogen-bond acceptors (Lipinski definition) is 2. The van der Waals surface area contributed by atoms with Crippen LogP contribution in [-0.4, -0.2) is 4.98 Å². The van der Waals surface area contributed by atoms with Crippen LogP contribution in [-0.2, 0) is 0 Å². The summed E-state index contributed by atoms with van der Waals surface area (Å²) in [6.07, 6.45) is 0. The van der Waals surface area contributed by atoms with E-state index < -0.39 is 0 Å². The van der Waals surface area contributed by atoms with E-state index in [0.717, 1.165) is 11.4 Å². The van der Waals surface area contributed by atoms with Gasteiger partial charge in [0.2, 0.25) is 0 Å². The van der Waals surface area contributed by atoms with Crippen LogP contribution in [0.2, 0.25) is 0 Å². The highest BCUT2D eigenvalue weighted by molar-refractivity contribution is 7.08. The molecule has 2 aromatic heterocycles. The molecular formula is C16H25NS. The Morgan fingerprint density at radius 2 is 1.67 bits per heavy atom. The van der Waals surface area contributed by atoms with E-state index in [0.29, 0.717) is 5.92 Å². The lowest BCUT2D eigenvalue weighted by Gasteiger charge is -2.05. The van der Waals surface area contributed by atoms with E-state index in [4.69, 9.17) is 0 Å². The molecule has 0 saturated carbocycles. The minimum atomic E-state index is 0.494. The highest BCUT2D eigenvalue weighted by atomic mass is 32.1. The van der Waals surface area contributed by atoms with Crippen LogP contribution in [0.4, 0.5) is 0 Å². The first-order valence-electron chi connectivity index (χ1n) is 6.77. The van der Waals surface area contributed by atoms with E-state index in [2.05, 4.69) is 53.9 Å². The summed E-state index contributed by atoms with van der Waals surface area (Å²) in [5.74, 6) is 0.494. The third-order valence-corrected chi connectivity index (χ3v) is 2.86. The fourth-order valence-electron chi connectivity index (χ4n) is 1.34. The van der Waals surface area contributed by atoms with Crippen LogP contribution >= 0.6 is 11.3 Å². The SMILES string of the molecule is CC.CC.CC(C)c1cccc(-c2ccsc2)n1. The summed E-state index contributed by atoms with van der Waals surface area (Å²) in [6, 6.07) is 8.33. The zero-order valence-corrected chi connectivity index (χ0v) is 13.2. The smallest absolute Gasteiger partial charge is 0.0713 e. The van der Waals surface area contributed by atoms with Gasteiger partial charge in [-0.15, -0.1) is 0 Å². The van der Waals surface area contributed by atoms with Crippen LogP contribution < -0.4 is 0 Å². The van der Waals surface area contributed by atoms with Crippen LogP contribution in [0.25, 0.3) is 11.3 Å². The molecule has 0 radical (unpaired) electrons. The Labute approximate surface area is 116 Å². The third kappa shape index (κ3) is 5.01. The average molecular weight is 263 g/mol. The van der Waals surface area contributed by atoms with Gasteiger partial charge < -0.3 is 0 Å². The molecule has 0 aliphatic heterocycles. The summed E-state index contributed by atoms with van der Waals surface area (Å²) in [6.45, 7) is 12.3. The normalized spacial score (nSPS) is 9.06. The maximum atomic E-state index is 4.62. The summed E-state index contributed by atoms with van der Waals surface area (Å²) in [7, 11) is 0. The number of rotatable bonds is 2. The summed E-state index contributed by atoms with van der Waals surface area (Å²) in [5, 5.41) is 4.21. The predicted molar refractivity (Wildman–Crippen MR) is 84.3 cm³/mol. The zero-order valence-electron chi connectivity index (χ0n) is 12.4. The molecular weight excluding hydrogens is 238 g/mol. The van der Waals surface area contributed by atoms with E-state index >= 15 is 0 Å². The van der Waals surface area contributed by atoms with Crippen molar-refractivity contribution in [3.05, 3.63) is 40.7 Å². The maximum Gasteiger partial charge on any atom is 0.0713 e. The first-order chi connectivity index (χ1) is 8.77. The van der Waals surface area contributed by atoms with Crippen molar-refractivity contribution in [1.29, 1.82) is 0 Å². The molecule has 100 valence electrons. The second-order valence-corrected chi connectivity index (χ2v) is 4.39. The molecule has 0 fully saturated rings. The minimum absolute atomic E-state index is 0.494. The first-order valence-corrected chi connectivity index (χ1v) is 7.71. The molecule has 2 rings (SSSR count). The van der Waals surface area contributed by atoms with Gasteiger partial charge in [0.25, 0.3) is 0 Å². The lowest BCUT2D eigenvalue weighted by atomic mass is 10.1. The van der Waals surface area contributed by atoms with Gasteiger partial charge in [-0.25, -0.2) is 0 Å². The second-order valence-electron chi connectivity index (χ2n) is 3.61. The maximum absolute atomic E-state index is 4.62. The minimum Gasteiger partial charge on any atom is -0.253 e. The number of pyridine rings is 1. The molecule has 1 nitrogen and oxygen atoms in total. The Morgan fingerprint density at radius 1 is 1.00 bits per heavy atom. The Hall–Kier alpha value is -1.15. The fourth-order valence-corrected chi connectivity index (χ4v) is 1.99. The van der Waals surface area contributed by atoms with Crippen LogP contribution in [0.3, 0.4) is 0 Å². The van der Waals surface area contributed by atoms with Crippen molar-refractivity contribution in [3.8, 4) is 11.3 Å². The Balaban J connectivity index is 0.000000659. The van der Waals surface area contributed by atoms with E-state index in [9.17, 15) is 0 Å². The Bertz CT molecular complexity index is 405. The lowest BCUT2D eigenvalue weighted by molar-refractivity contribution is 0.824. The van der Waals surface area contributed by atoms with E-state index in [1.54, 1.807) is 11.3 Å². The third-order valence-electron chi connectivity index (χ3n) is 2.18. The quantitative estimate of drug-likeness (QED) is 0.649. The van der Waals surface area contributed by atoms with Crippen molar-refractivity contribution in [2.45, 2.75) is 47.5 Å². The van der Waals surface area contributed by atoms with Gasteiger partial charge in [0.05, 0.1) is 5.69 Å². The number of thiophene rings is 1. The molecule has 0 spiro atoms. The van der Waals surface area contributed by atoms with Gasteiger partial charge in [0.15, 0.2) is 0 Å². The van der Waals surface area contributed by atoms with Gasteiger partial charge in [-0.3, -0.25) is 4.98 Å². The average Bonchev–Trinajstić information content (AvgIpc) is 2.97. The van der Waals surface area contributed by atoms with Gasteiger partial charge in [0, 0.05) is 16.6 Å². The number of hydrogen-bond donors (Lipinski definition) is 0. The van der Waals surface area contributed by atoms with E-state index in [1.807, 2.05) is 27.7 Å². The topological polar surface area (TPSA) is 12.9 Å². The lowest BCUT2D eigenvalue weighted by Crippen LogP contribution is -1.93. The molecule has 0 N–H and O–H groups in total. The largest absolute Gasteiger partial charge is 0.253 e. The summed E-state index contributed by atoms with van der Waals surface area (Å²) < 4.78 is 0. The van der Waals surface area contributed by atoms with Gasteiger partial charge in [-0.2, -0.15) is 11.3 Å². The molecule has 0 aliphatic carbocycles. The monoisotopic (exact) mass is 263 g/mol. The standard InChI is InChI=1S/C12H13NS.2C2H6/c1-9(2)11-4-3-5-12(13-11)10-6-7-14-8-10;2*1-2/h3-9H,1-2H3;2*1-2H3. The summed E-state index contributed by atoms with van der Waals surface area (Å²) in [5.41, 5.74) is 3.46. The molecule has 0 atom stereocenters. The highest BCUT2D eigenvalue weighted by Gasteiger charge is 2.03. The van der Waals surface area contributed by atoms with Crippen LogP contribution in [0.15, 0.2) is 35.0 Å². The van der Waals surface area contributed by atoms with Crippen LogP contribution in [0.1, 0.15) is 53.2 Å². The van der Waals surface area contributed by atoms with Crippen molar-refractivity contribution >= 4 is 11.3 Å². The number of nitrogens with zero attached hydrogens (tertiary/aromatic N) is 1. The molecule has 2 aromatic rings. The molecule has 0 aliphatic rings. The van der Waals surface area contributed by atoms with Crippen LogP contribution in [0.5, 0.6) is 0 Å². The van der Waals surface area contributed by atoms with E-state index in [1.165, 1.54) is 5.56 Å². The molecule has 0 saturated heterocycles.